The molecule has 2 atom stereocenters. The van der Waals surface area contributed by atoms with E-state index in [1.54, 1.807) is 13.8 Å². The predicted octanol–water partition coefficient (Wildman–Crippen LogP) is -0.858. The minimum atomic E-state index is -0.549. The van der Waals surface area contributed by atoms with Crippen LogP contribution in [-0.2, 0) is 9.47 Å². The van der Waals surface area contributed by atoms with Gasteiger partial charge < -0.3 is 24.8 Å². The van der Waals surface area contributed by atoms with Gasteiger partial charge in [-0.3, -0.25) is 0 Å². The second-order valence-electron chi connectivity index (χ2n) is 3.31. The van der Waals surface area contributed by atoms with Crippen molar-refractivity contribution in [2.24, 2.45) is 0 Å². The highest BCUT2D eigenvalue weighted by molar-refractivity contribution is 4.56. The zero-order chi connectivity index (χ0) is 11.0. The summed E-state index contributed by atoms with van der Waals surface area (Å²) in [4.78, 5) is 0. The van der Waals surface area contributed by atoms with Crippen molar-refractivity contribution in [2.75, 3.05) is 26.4 Å². The van der Waals surface area contributed by atoms with Crippen LogP contribution < -0.4 is 0 Å². The van der Waals surface area contributed by atoms with E-state index < -0.39 is 12.2 Å². The Kier molecular flexibility index (Phi) is 8.02. The fourth-order valence-electron chi connectivity index (χ4n) is 0.786. The van der Waals surface area contributed by atoms with E-state index >= 15 is 0 Å². The van der Waals surface area contributed by atoms with Gasteiger partial charge in [0.15, 0.2) is 0 Å². The summed E-state index contributed by atoms with van der Waals surface area (Å²) in [7, 11) is 0. The lowest BCUT2D eigenvalue weighted by Gasteiger charge is -2.18. The summed E-state index contributed by atoms with van der Waals surface area (Å²) in [5.41, 5.74) is 0. The van der Waals surface area contributed by atoms with Gasteiger partial charge in [-0.2, -0.15) is 0 Å². The molecule has 0 fully saturated rings. The molecule has 0 aromatic heterocycles. The van der Waals surface area contributed by atoms with Crippen molar-refractivity contribution in [1.82, 2.24) is 0 Å². The third-order valence-electron chi connectivity index (χ3n) is 1.60. The maximum Gasteiger partial charge on any atom is 0.104 e. The Hall–Kier alpha value is -0.200. The first kappa shape index (κ1) is 13.8. The second kappa shape index (κ2) is 8.14. The van der Waals surface area contributed by atoms with Crippen molar-refractivity contribution in [3.8, 4) is 0 Å². The smallest absolute Gasteiger partial charge is 0.104 e. The summed E-state index contributed by atoms with van der Waals surface area (Å²) >= 11 is 0. The van der Waals surface area contributed by atoms with Gasteiger partial charge in [-0.05, 0) is 13.8 Å². The molecule has 0 saturated heterocycles. The molecule has 0 aliphatic heterocycles. The quantitative estimate of drug-likeness (QED) is 0.484. The standard InChI is InChI=1S/C9H20O5/c1-7(12)5-13-8(2)6-14-9(3-10)4-11/h7-12H,3-6H2,1-2H3. The zero-order valence-electron chi connectivity index (χ0n) is 8.72. The van der Waals surface area contributed by atoms with Gasteiger partial charge in [0, 0.05) is 0 Å². The molecule has 0 rings (SSSR count). The van der Waals surface area contributed by atoms with E-state index in [2.05, 4.69) is 0 Å². The van der Waals surface area contributed by atoms with Crippen LogP contribution in [0.15, 0.2) is 0 Å². The number of aliphatic hydroxyl groups excluding tert-OH is 3. The van der Waals surface area contributed by atoms with Crippen LogP contribution in [0.5, 0.6) is 0 Å². The topological polar surface area (TPSA) is 79.2 Å². The van der Waals surface area contributed by atoms with Gasteiger partial charge >= 0.3 is 0 Å². The van der Waals surface area contributed by atoms with Crippen LogP contribution in [-0.4, -0.2) is 60.1 Å². The summed E-state index contributed by atoms with van der Waals surface area (Å²) in [6.45, 7) is 3.57. The van der Waals surface area contributed by atoms with E-state index in [-0.39, 0.29) is 25.9 Å². The van der Waals surface area contributed by atoms with E-state index in [9.17, 15) is 0 Å². The maximum absolute atomic E-state index is 8.93. The summed E-state index contributed by atoms with van der Waals surface area (Å²) in [5, 5.41) is 26.3. The lowest BCUT2D eigenvalue weighted by atomic mass is 10.3. The number of hydrogen-bond acceptors (Lipinski definition) is 5. The van der Waals surface area contributed by atoms with E-state index in [1.807, 2.05) is 0 Å². The van der Waals surface area contributed by atoms with Crippen molar-refractivity contribution < 1.29 is 24.8 Å². The summed E-state index contributed by atoms with van der Waals surface area (Å²) < 4.78 is 10.3. The molecule has 0 saturated carbocycles. The Balaban J connectivity index is 3.46. The summed E-state index contributed by atoms with van der Waals surface area (Å²) in [5.74, 6) is 0. The maximum atomic E-state index is 8.93. The highest BCUT2D eigenvalue weighted by atomic mass is 16.5. The Morgan fingerprint density at radius 2 is 1.57 bits per heavy atom. The summed E-state index contributed by atoms with van der Waals surface area (Å²) in [6, 6.07) is 0. The molecule has 0 amide bonds. The Labute approximate surface area is 84.3 Å². The Morgan fingerprint density at radius 3 is 2.00 bits per heavy atom. The van der Waals surface area contributed by atoms with Crippen LogP contribution in [0.2, 0.25) is 0 Å². The molecule has 0 aliphatic rings. The van der Waals surface area contributed by atoms with Crippen LogP contribution >= 0.6 is 0 Å². The SMILES string of the molecule is CC(O)COC(C)COC(CO)CO. The molecule has 0 radical (unpaired) electrons. The molecule has 0 heterocycles. The van der Waals surface area contributed by atoms with Crippen LogP contribution in [0.25, 0.3) is 0 Å². The van der Waals surface area contributed by atoms with E-state index in [0.717, 1.165) is 0 Å². The molecule has 3 N–H and O–H groups in total. The van der Waals surface area contributed by atoms with Gasteiger partial charge in [0.1, 0.15) is 6.10 Å². The predicted molar refractivity (Wildman–Crippen MR) is 51.0 cm³/mol. The number of aliphatic hydroxyl groups is 3. The van der Waals surface area contributed by atoms with Gasteiger partial charge in [-0.15, -0.1) is 0 Å². The van der Waals surface area contributed by atoms with Gasteiger partial charge in [-0.1, -0.05) is 0 Å². The Morgan fingerprint density at radius 1 is 1.00 bits per heavy atom. The number of ether oxygens (including phenoxy) is 2. The molecule has 5 heteroatoms. The van der Waals surface area contributed by atoms with Gasteiger partial charge in [0.2, 0.25) is 0 Å². The monoisotopic (exact) mass is 208 g/mol. The molecule has 0 aromatic rings. The third kappa shape index (κ3) is 7.23. The molecule has 2 unspecified atom stereocenters. The molecule has 5 nitrogen and oxygen atoms in total. The third-order valence-corrected chi connectivity index (χ3v) is 1.60. The summed E-state index contributed by atoms with van der Waals surface area (Å²) in [6.07, 6.45) is -1.21. The van der Waals surface area contributed by atoms with Crippen molar-refractivity contribution in [3.63, 3.8) is 0 Å². The van der Waals surface area contributed by atoms with Crippen molar-refractivity contribution in [1.29, 1.82) is 0 Å². The van der Waals surface area contributed by atoms with Gasteiger partial charge in [0.05, 0.1) is 38.6 Å². The van der Waals surface area contributed by atoms with Crippen LogP contribution in [0.4, 0.5) is 0 Å². The fourth-order valence-corrected chi connectivity index (χ4v) is 0.786. The molecule has 0 aliphatic carbocycles. The highest BCUT2D eigenvalue weighted by Crippen LogP contribution is 1.97. The minimum absolute atomic E-state index is 0.162. The average Bonchev–Trinajstić information content (AvgIpc) is 2.16. The number of rotatable bonds is 8. The van der Waals surface area contributed by atoms with Crippen molar-refractivity contribution in [3.05, 3.63) is 0 Å². The van der Waals surface area contributed by atoms with E-state index in [4.69, 9.17) is 24.8 Å². The minimum Gasteiger partial charge on any atom is -0.394 e. The molecule has 0 aromatic carbocycles. The first-order chi connectivity index (χ1) is 6.60. The largest absolute Gasteiger partial charge is 0.394 e. The average molecular weight is 208 g/mol. The molecule has 86 valence electrons. The first-order valence-corrected chi connectivity index (χ1v) is 4.73. The fraction of sp³-hybridized carbons (Fsp3) is 1.00. The van der Waals surface area contributed by atoms with E-state index in [0.29, 0.717) is 6.61 Å². The highest BCUT2D eigenvalue weighted by Gasteiger charge is 2.09. The van der Waals surface area contributed by atoms with Gasteiger partial charge in [-0.25, -0.2) is 0 Å². The molecule has 0 bridgehead atoms. The van der Waals surface area contributed by atoms with Crippen LogP contribution in [0.3, 0.4) is 0 Å². The van der Waals surface area contributed by atoms with Crippen molar-refractivity contribution >= 4 is 0 Å². The normalized spacial score (nSPS) is 15.9. The molecule has 0 spiro atoms. The molecular weight excluding hydrogens is 188 g/mol. The lowest BCUT2D eigenvalue weighted by molar-refractivity contribution is -0.0788. The van der Waals surface area contributed by atoms with Gasteiger partial charge in [0.25, 0.3) is 0 Å². The number of hydrogen-bond donors (Lipinski definition) is 3. The molecule has 14 heavy (non-hydrogen) atoms. The second-order valence-corrected chi connectivity index (χ2v) is 3.31. The lowest BCUT2D eigenvalue weighted by Crippen LogP contribution is -2.28. The zero-order valence-corrected chi connectivity index (χ0v) is 8.72. The van der Waals surface area contributed by atoms with Crippen molar-refractivity contribution in [2.45, 2.75) is 32.2 Å². The Bertz CT molecular complexity index is 124. The molecular formula is C9H20O5. The van der Waals surface area contributed by atoms with E-state index in [1.165, 1.54) is 0 Å². The van der Waals surface area contributed by atoms with Crippen LogP contribution in [0, 0.1) is 0 Å². The van der Waals surface area contributed by atoms with Crippen LogP contribution in [0.1, 0.15) is 13.8 Å². The first-order valence-electron chi connectivity index (χ1n) is 4.73.